The summed E-state index contributed by atoms with van der Waals surface area (Å²) in [4.78, 5) is 0. The number of rotatable bonds is 2. The Morgan fingerprint density at radius 1 is 1.29 bits per heavy atom. The summed E-state index contributed by atoms with van der Waals surface area (Å²) in [5.74, 6) is 1.06. The number of sulfonamides is 1. The molecule has 1 aliphatic rings. The predicted octanol–water partition coefficient (Wildman–Crippen LogP) is 0.948. The number of primary sulfonamides is 1. The number of aromatic nitrogens is 3. The lowest BCUT2D eigenvalue weighted by molar-refractivity contribution is 0.310. The van der Waals surface area contributed by atoms with Crippen LogP contribution in [-0.2, 0) is 15.6 Å². The maximum Gasteiger partial charge on any atom is 0.273 e. The molecule has 1 aromatic rings. The third-order valence-corrected chi connectivity index (χ3v) is 3.83. The lowest BCUT2D eigenvalue weighted by Crippen LogP contribution is -2.31. The number of nitrogens with two attached hydrogens (primary N) is 1. The molecule has 0 aliphatic heterocycles. The van der Waals surface area contributed by atoms with E-state index in [1.54, 1.807) is 4.57 Å². The van der Waals surface area contributed by atoms with Gasteiger partial charge in [-0.3, -0.25) is 4.57 Å². The largest absolute Gasteiger partial charge is 0.295 e. The van der Waals surface area contributed by atoms with Crippen LogP contribution in [0.3, 0.4) is 0 Å². The maximum absolute atomic E-state index is 11.5. The van der Waals surface area contributed by atoms with Crippen LogP contribution in [0.25, 0.3) is 0 Å². The van der Waals surface area contributed by atoms with Gasteiger partial charge in [-0.15, -0.1) is 10.2 Å². The summed E-state index contributed by atoms with van der Waals surface area (Å²) < 4.78 is 24.7. The van der Waals surface area contributed by atoms with Gasteiger partial charge in [0.05, 0.1) is 0 Å². The lowest BCUT2D eigenvalue weighted by atomic mass is 9.84. The van der Waals surface area contributed by atoms with E-state index in [0.717, 1.165) is 25.1 Å². The molecule has 0 atom stereocenters. The van der Waals surface area contributed by atoms with Gasteiger partial charge in [0.25, 0.3) is 15.2 Å². The molecule has 0 unspecified atom stereocenters. The van der Waals surface area contributed by atoms with Gasteiger partial charge in [-0.25, -0.2) is 13.6 Å². The Balaban J connectivity index is 2.59. The first kappa shape index (κ1) is 12.5. The highest BCUT2D eigenvalue weighted by atomic mass is 32.2. The summed E-state index contributed by atoms with van der Waals surface area (Å²) in [6.45, 7) is 5.77. The first-order valence-corrected chi connectivity index (χ1v) is 7.24. The molecule has 6 nitrogen and oxygen atoms in total. The molecular formula is C10H18N4O2S. The number of hydrogen-bond acceptors (Lipinski definition) is 4. The fourth-order valence-electron chi connectivity index (χ4n) is 2.03. The zero-order valence-electron chi connectivity index (χ0n) is 10.3. The van der Waals surface area contributed by atoms with E-state index in [2.05, 4.69) is 10.2 Å². The highest BCUT2D eigenvalue weighted by Gasteiger charge is 2.34. The van der Waals surface area contributed by atoms with Gasteiger partial charge in [0.15, 0.2) is 0 Å². The number of nitrogens with zero attached hydrogens (tertiary/aromatic N) is 3. The van der Waals surface area contributed by atoms with Crippen molar-refractivity contribution in [2.24, 2.45) is 5.14 Å². The molecule has 0 aromatic carbocycles. The van der Waals surface area contributed by atoms with Gasteiger partial charge >= 0.3 is 0 Å². The molecule has 17 heavy (non-hydrogen) atoms. The Morgan fingerprint density at radius 2 is 1.88 bits per heavy atom. The molecule has 0 saturated heterocycles. The molecule has 96 valence electrons. The molecule has 1 heterocycles. The molecule has 1 fully saturated rings. The predicted molar refractivity (Wildman–Crippen MR) is 63.0 cm³/mol. The molecule has 0 radical (unpaired) electrons. The molecule has 1 saturated carbocycles. The zero-order valence-corrected chi connectivity index (χ0v) is 11.2. The van der Waals surface area contributed by atoms with Gasteiger partial charge < -0.3 is 0 Å². The third-order valence-electron chi connectivity index (χ3n) is 3.05. The Labute approximate surface area is 101 Å². The average molecular weight is 258 g/mol. The first-order chi connectivity index (χ1) is 7.71. The van der Waals surface area contributed by atoms with E-state index in [9.17, 15) is 8.42 Å². The second kappa shape index (κ2) is 3.78. The standard InChI is InChI=1S/C10H18N4O2S/c1-10(2,3)14-8(7-5-4-6-7)12-13-9(14)17(11,15)16/h7H,4-6H2,1-3H3,(H2,11,15,16). The molecule has 1 aliphatic carbocycles. The van der Waals surface area contributed by atoms with Crippen molar-refractivity contribution in [1.82, 2.24) is 14.8 Å². The Kier molecular flexibility index (Phi) is 2.78. The summed E-state index contributed by atoms with van der Waals surface area (Å²) in [6, 6.07) is 0. The molecule has 2 N–H and O–H groups in total. The van der Waals surface area contributed by atoms with Crippen molar-refractivity contribution < 1.29 is 8.42 Å². The second-order valence-electron chi connectivity index (χ2n) is 5.52. The van der Waals surface area contributed by atoms with Crippen LogP contribution in [0, 0.1) is 0 Å². The van der Waals surface area contributed by atoms with E-state index in [1.165, 1.54) is 0 Å². The Hall–Kier alpha value is -0.950. The highest BCUT2D eigenvalue weighted by molar-refractivity contribution is 7.89. The average Bonchev–Trinajstić information content (AvgIpc) is 2.42. The van der Waals surface area contributed by atoms with Crippen molar-refractivity contribution in [3.8, 4) is 0 Å². The van der Waals surface area contributed by atoms with E-state index in [-0.39, 0.29) is 5.16 Å². The van der Waals surface area contributed by atoms with Crippen molar-refractivity contribution in [1.29, 1.82) is 0 Å². The Morgan fingerprint density at radius 3 is 2.24 bits per heavy atom. The van der Waals surface area contributed by atoms with Gasteiger partial charge in [-0.2, -0.15) is 0 Å². The van der Waals surface area contributed by atoms with E-state index in [4.69, 9.17) is 5.14 Å². The van der Waals surface area contributed by atoms with Crippen molar-refractivity contribution >= 4 is 10.0 Å². The number of hydrogen-bond donors (Lipinski definition) is 1. The molecule has 1 aromatic heterocycles. The second-order valence-corrected chi connectivity index (χ2v) is 6.98. The summed E-state index contributed by atoms with van der Waals surface area (Å²) in [5.41, 5.74) is -0.393. The van der Waals surface area contributed by atoms with Crippen molar-refractivity contribution in [3.05, 3.63) is 5.82 Å². The van der Waals surface area contributed by atoms with Crippen LogP contribution in [0.15, 0.2) is 5.16 Å². The lowest BCUT2D eigenvalue weighted by Gasteiger charge is -2.30. The quantitative estimate of drug-likeness (QED) is 0.855. The van der Waals surface area contributed by atoms with Crippen molar-refractivity contribution in [2.45, 2.75) is 56.6 Å². The van der Waals surface area contributed by atoms with Crippen molar-refractivity contribution in [2.75, 3.05) is 0 Å². The van der Waals surface area contributed by atoms with Crippen molar-refractivity contribution in [3.63, 3.8) is 0 Å². The van der Waals surface area contributed by atoms with Gasteiger partial charge in [-0.05, 0) is 33.6 Å². The molecular weight excluding hydrogens is 240 g/mol. The van der Waals surface area contributed by atoms with Gasteiger partial charge in [0.2, 0.25) is 0 Å². The summed E-state index contributed by atoms with van der Waals surface area (Å²) >= 11 is 0. The Bertz CT molecular complexity index is 523. The monoisotopic (exact) mass is 258 g/mol. The van der Waals surface area contributed by atoms with Crippen LogP contribution >= 0.6 is 0 Å². The topological polar surface area (TPSA) is 90.9 Å². The summed E-state index contributed by atoms with van der Waals surface area (Å²) in [5, 5.41) is 12.8. The SMILES string of the molecule is CC(C)(C)n1c(C2CCC2)nnc1S(N)(=O)=O. The fraction of sp³-hybridized carbons (Fsp3) is 0.800. The minimum atomic E-state index is -3.82. The van der Waals surface area contributed by atoms with Crippen LogP contribution in [0.1, 0.15) is 51.8 Å². The van der Waals surface area contributed by atoms with Crippen LogP contribution in [0.2, 0.25) is 0 Å². The van der Waals surface area contributed by atoms with Crippen LogP contribution in [0.4, 0.5) is 0 Å². The van der Waals surface area contributed by atoms with E-state index in [0.29, 0.717) is 5.92 Å². The van der Waals surface area contributed by atoms with E-state index in [1.807, 2.05) is 20.8 Å². The van der Waals surface area contributed by atoms with E-state index >= 15 is 0 Å². The maximum atomic E-state index is 11.5. The molecule has 7 heteroatoms. The van der Waals surface area contributed by atoms with Crippen LogP contribution in [-0.4, -0.2) is 23.2 Å². The summed E-state index contributed by atoms with van der Waals surface area (Å²) in [7, 11) is -3.82. The zero-order chi connectivity index (χ0) is 12.8. The molecule has 0 amide bonds. The minimum Gasteiger partial charge on any atom is -0.295 e. The summed E-state index contributed by atoms with van der Waals surface area (Å²) in [6.07, 6.45) is 3.24. The van der Waals surface area contributed by atoms with Gasteiger partial charge in [-0.1, -0.05) is 6.42 Å². The normalized spacial score (nSPS) is 18.1. The minimum absolute atomic E-state index is 0.132. The third kappa shape index (κ3) is 2.21. The molecule has 0 bridgehead atoms. The smallest absolute Gasteiger partial charge is 0.273 e. The van der Waals surface area contributed by atoms with Gasteiger partial charge in [0, 0.05) is 11.5 Å². The van der Waals surface area contributed by atoms with Crippen LogP contribution in [0.5, 0.6) is 0 Å². The molecule has 0 spiro atoms. The van der Waals surface area contributed by atoms with E-state index < -0.39 is 15.6 Å². The highest BCUT2D eigenvalue weighted by Crippen LogP contribution is 2.37. The first-order valence-electron chi connectivity index (χ1n) is 5.70. The van der Waals surface area contributed by atoms with Crippen LogP contribution < -0.4 is 5.14 Å². The molecule has 2 rings (SSSR count). The fourth-order valence-corrected chi connectivity index (χ4v) is 2.80. The van der Waals surface area contributed by atoms with Gasteiger partial charge in [0.1, 0.15) is 5.82 Å².